The Labute approximate surface area is 95.9 Å². The monoisotopic (exact) mass is 231 g/mol. The zero-order valence-corrected chi connectivity index (χ0v) is 10.1. The third-order valence-electron chi connectivity index (χ3n) is 2.59. The number of carboxylic acid groups (broad SMARTS) is 1. The standard InChI is InChI=1S/C11H21NO4/c1-7(5-11(15)16)4-10(14)12-9(3)8(2)6-13/h7-9,13H,4-6H2,1-3H3,(H,12,14)(H,15,16). The van der Waals surface area contributed by atoms with Crippen LogP contribution in [-0.2, 0) is 9.59 Å². The van der Waals surface area contributed by atoms with E-state index in [-0.39, 0.29) is 43.2 Å². The van der Waals surface area contributed by atoms with Crippen LogP contribution in [0.5, 0.6) is 0 Å². The Bertz CT molecular complexity index is 242. The lowest BCUT2D eigenvalue weighted by molar-refractivity contribution is -0.138. The van der Waals surface area contributed by atoms with Gasteiger partial charge in [-0.2, -0.15) is 0 Å². The van der Waals surface area contributed by atoms with Crippen LogP contribution in [0.4, 0.5) is 0 Å². The Kier molecular flexibility index (Phi) is 6.72. The molecular weight excluding hydrogens is 210 g/mol. The molecule has 0 bridgehead atoms. The number of carbonyl (C=O) groups excluding carboxylic acids is 1. The molecule has 94 valence electrons. The van der Waals surface area contributed by atoms with Crippen molar-refractivity contribution in [1.29, 1.82) is 0 Å². The zero-order chi connectivity index (χ0) is 12.7. The van der Waals surface area contributed by atoms with Crippen LogP contribution in [0.2, 0.25) is 0 Å². The summed E-state index contributed by atoms with van der Waals surface area (Å²) in [6.07, 6.45) is 0.201. The minimum atomic E-state index is -0.892. The molecule has 0 saturated heterocycles. The molecule has 0 rings (SSSR count). The molecule has 0 aliphatic carbocycles. The lowest BCUT2D eigenvalue weighted by Gasteiger charge is -2.20. The first kappa shape index (κ1) is 14.9. The summed E-state index contributed by atoms with van der Waals surface area (Å²) in [5.74, 6) is -1.23. The summed E-state index contributed by atoms with van der Waals surface area (Å²) in [5.41, 5.74) is 0. The summed E-state index contributed by atoms with van der Waals surface area (Å²) in [7, 11) is 0. The second kappa shape index (κ2) is 7.22. The molecule has 0 fully saturated rings. The highest BCUT2D eigenvalue weighted by Crippen LogP contribution is 2.08. The van der Waals surface area contributed by atoms with Gasteiger partial charge in [0, 0.05) is 25.5 Å². The van der Waals surface area contributed by atoms with Crippen LogP contribution in [0.15, 0.2) is 0 Å². The van der Waals surface area contributed by atoms with E-state index in [0.29, 0.717) is 0 Å². The van der Waals surface area contributed by atoms with Crippen LogP contribution in [-0.4, -0.2) is 34.7 Å². The summed E-state index contributed by atoms with van der Waals surface area (Å²) >= 11 is 0. The first-order chi connectivity index (χ1) is 7.36. The quantitative estimate of drug-likeness (QED) is 0.599. The van der Waals surface area contributed by atoms with Gasteiger partial charge in [0.15, 0.2) is 0 Å². The van der Waals surface area contributed by atoms with Crippen LogP contribution in [0.1, 0.15) is 33.6 Å². The number of aliphatic hydroxyl groups is 1. The number of rotatable bonds is 7. The Morgan fingerprint density at radius 3 is 2.19 bits per heavy atom. The molecule has 0 aromatic carbocycles. The van der Waals surface area contributed by atoms with Crippen LogP contribution >= 0.6 is 0 Å². The van der Waals surface area contributed by atoms with Gasteiger partial charge in [0.1, 0.15) is 0 Å². The summed E-state index contributed by atoms with van der Waals surface area (Å²) in [5, 5.41) is 20.2. The third kappa shape index (κ3) is 6.40. The van der Waals surface area contributed by atoms with E-state index in [1.54, 1.807) is 6.92 Å². The van der Waals surface area contributed by atoms with Crippen molar-refractivity contribution in [1.82, 2.24) is 5.32 Å². The molecule has 1 amide bonds. The van der Waals surface area contributed by atoms with E-state index in [0.717, 1.165) is 0 Å². The van der Waals surface area contributed by atoms with Crippen LogP contribution in [0, 0.1) is 11.8 Å². The highest BCUT2D eigenvalue weighted by atomic mass is 16.4. The molecular formula is C11H21NO4. The largest absolute Gasteiger partial charge is 0.481 e. The SMILES string of the molecule is CC(CC(=O)O)CC(=O)NC(C)C(C)CO. The number of hydrogen-bond donors (Lipinski definition) is 3. The molecule has 3 N–H and O–H groups in total. The van der Waals surface area contributed by atoms with Crippen molar-refractivity contribution >= 4 is 11.9 Å². The molecule has 0 spiro atoms. The maximum absolute atomic E-state index is 11.5. The van der Waals surface area contributed by atoms with Crippen molar-refractivity contribution < 1.29 is 19.8 Å². The van der Waals surface area contributed by atoms with E-state index in [9.17, 15) is 9.59 Å². The van der Waals surface area contributed by atoms with E-state index in [1.807, 2.05) is 13.8 Å². The Morgan fingerprint density at radius 2 is 1.75 bits per heavy atom. The minimum Gasteiger partial charge on any atom is -0.481 e. The fourth-order valence-corrected chi connectivity index (χ4v) is 1.30. The summed E-state index contributed by atoms with van der Waals surface area (Å²) in [6, 6.07) is -0.102. The number of amides is 1. The van der Waals surface area contributed by atoms with Gasteiger partial charge in [-0.15, -0.1) is 0 Å². The predicted octanol–water partition coefficient (Wildman–Crippen LogP) is 0.620. The van der Waals surface area contributed by atoms with Gasteiger partial charge in [0.25, 0.3) is 0 Å². The maximum Gasteiger partial charge on any atom is 0.303 e. The molecule has 0 saturated carbocycles. The van der Waals surface area contributed by atoms with E-state index in [2.05, 4.69) is 5.32 Å². The Morgan fingerprint density at radius 1 is 1.19 bits per heavy atom. The second-order valence-corrected chi connectivity index (χ2v) is 4.42. The molecule has 3 unspecified atom stereocenters. The fourth-order valence-electron chi connectivity index (χ4n) is 1.30. The lowest BCUT2D eigenvalue weighted by atomic mass is 10.0. The van der Waals surface area contributed by atoms with E-state index < -0.39 is 5.97 Å². The zero-order valence-electron chi connectivity index (χ0n) is 10.1. The smallest absolute Gasteiger partial charge is 0.303 e. The molecule has 0 aliphatic heterocycles. The summed E-state index contributed by atoms with van der Waals surface area (Å²) < 4.78 is 0. The van der Waals surface area contributed by atoms with Crippen molar-refractivity contribution in [2.75, 3.05) is 6.61 Å². The number of aliphatic carboxylic acids is 1. The van der Waals surface area contributed by atoms with Crippen LogP contribution in [0.25, 0.3) is 0 Å². The van der Waals surface area contributed by atoms with Gasteiger partial charge in [0.05, 0.1) is 0 Å². The number of nitrogens with one attached hydrogen (secondary N) is 1. The molecule has 5 nitrogen and oxygen atoms in total. The molecule has 0 heterocycles. The topological polar surface area (TPSA) is 86.6 Å². The van der Waals surface area contributed by atoms with Crippen LogP contribution in [0.3, 0.4) is 0 Å². The maximum atomic E-state index is 11.5. The molecule has 3 atom stereocenters. The Balaban J connectivity index is 3.94. The van der Waals surface area contributed by atoms with E-state index >= 15 is 0 Å². The number of carboxylic acids is 1. The second-order valence-electron chi connectivity index (χ2n) is 4.42. The first-order valence-electron chi connectivity index (χ1n) is 5.48. The number of hydrogen-bond acceptors (Lipinski definition) is 3. The molecule has 0 aromatic heterocycles. The predicted molar refractivity (Wildman–Crippen MR) is 59.9 cm³/mol. The minimum absolute atomic E-state index is 0.00118. The van der Waals surface area contributed by atoms with Crippen molar-refractivity contribution in [3.63, 3.8) is 0 Å². The molecule has 5 heteroatoms. The highest BCUT2D eigenvalue weighted by molar-refractivity contribution is 5.77. The van der Waals surface area contributed by atoms with Gasteiger partial charge >= 0.3 is 5.97 Å². The van der Waals surface area contributed by atoms with Crippen LogP contribution < -0.4 is 5.32 Å². The average molecular weight is 231 g/mol. The fraction of sp³-hybridized carbons (Fsp3) is 0.818. The van der Waals surface area contributed by atoms with Crippen molar-refractivity contribution in [2.45, 2.75) is 39.7 Å². The van der Waals surface area contributed by atoms with Gasteiger partial charge in [-0.05, 0) is 18.8 Å². The van der Waals surface area contributed by atoms with E-state index in [1.165, 1.54) is 0 Å². The molecule has 16 heavy (non-hydrogen) atoms. The number of aliphatic hydroxyl groups excluding tert-OH is 1. The Hall–Kier alpha value is -1.10. The normalized spacial score (nSPS) is 16.2. The molecule has 0 aliphatic rings. The lowest BCUT2D eigenvalue weighted by Crippen LogP contribution is -2.39. The summed E-state index contributed by atoms with van der Waals surface area (Å²) in [4.78, 5) is 21.9. The van der Waals surface area contributed by atoms with Gasteiger partial charge in [0.2, 0.25) is 5.91 Å². The number of carbonyl (C=O) groups is 2. The van der Waals surface area contributed by atoms with E-state index in [4.69, 9.17) is 10.2 Å². The highest BCUT2D eigenvalue weighted by Gasteiger charge is 2.17. The van der Waals surface area contributed by atoms with Gasteiger partial charge in [-0.1, -0.05) is 13.8 Å². The average Bonchev–Trinajstić information content (AvgIpc) is 2.14. The van der Waals surface area contributed by atoms with Gasteiger partial charge < -0.3 is 15.5 Å². The molecule has 0 radical (unpaired) electrons. The first-order valence-corrected chi connectivity index (χ1v) is 5.48. The van der Waals surface area contributed by atoms with Crippen molar-refractivity contribution in [3.05, 3.63) is 0 Å². The molecule has 0 aromatic rings. The van der Waals surface area contributed by atoms with Crippen molar-refractivity contribution in [2.24, 2.45) is 11.8 Å². The summed E-state index contributed by atoms with van der Waals surface area (Å²) in [6.45, 7) is 5.41. The third-order valence-corrected chi connectivity index (χ3v) is 2.59. The van der Waals surface area contributed by atoms with Gasteiger partial charge in [-0.25, -0.2) is 0 Å². The van der Waals surface area contributed by atoms with Crippen molar-refractivity contribution in [3.8, 4) is 0 Å². The van der Waals surface area contributed by atoms with Gasteiger partial charge in [-0.3, -0.25) is 9.59 Å².